The summed E-state index contributed by atoms with van der Waals surface area (Å²) in [7, 11) is 0. The van der Waals surface area contributed by atoms with E-state index in [4.69, 9.17) is 9.40 Å². The van der Waals surface area contributed by atoms with Crippen LogP contribution in [0.4, 0.5) is 0 Å². The Labute approximate surface area is 133 Å². The smallest absolute Gasteiger partial charge is 0.297 e. The minimum Gasteiger partial charge on any atom is -0.448 e. The van der Waals surface area contributed by atoms with Crippen molar-refractivity contribution in [1.29, 1.82) is 0 Å². The van der Waals surface area contributed by atoms with Gasteiger partial charge in [-0.3, -0.25) is 9.36 Å². The summed E-state index contributed by atoms with van der Waals surface area (Å²) in [6, 6.07) is 13.7. The van der Waals surface area contributed by atoms with Crippen LogP contribution in [0.1, 0.15) is 5.56 Å². The fraction of sp³-hybridized carbons (Fsp3) is 0.0588. The SMILES string of the molecule is O=c1c2oc3ccc(Br)cc3c2nc2n1Cc1ccccc1-2. The van der Waals surface area contributed by atoms with Crippen LogP contribution >= 0.6 is 15.9 Å². The van der Waals surface area contributed by atoms with Crippen molar-refractivity contribution in [2.75, 3.05) is 0 Å². The Hall–Kier alpha value is -2.40. The first-order chi connectivity index (χ1) is 10.7. The topological polar surface area (TPSA) is 48.0 Å². The van der Waals surface area contributed by atoms with Crippen molar-refractivity contribution in [2.24, 2.45) is 0 Å². The first kappa shape index (κ1) is 12.2. The van der Waals surface area contributed by atoms with Gasteiger partial charge in [0.15, 0.2) is 0 Å². The van der Waals surface area contributed by atoms with Crippen molar-refractivity contribution in [2.45, 2.75) is 6.54 Å². The van der Waals surface area contributed by atoms with Crippen molar-refractivity contribution in [3.8, 4) is 11.4 Å². The third-order valence-electron chi connectivity index (χ3n) is 4.12. The van der Waals surface area contributed by atoms with Crippen LogP contribution in [-0.4, -0.2) is 9.55 Å². The summed E-state index contributed by atoms with van der Waals surface area (Å²) < 4.78 is 8.37. The number of rotatable bonds is 0. The standard InChI is InChI=1S/C17H9BrN2O2/c18-10-5-6-13-12(7-10)14-15(22-13)17(21)20-8-9-3-1-2-4-11(9)16(20)19-14/h1-7H,8H2. The first-order valence-electron chi connectivity index (χ1n) is 6.93. The largest absolute Gasteiger partial charge is 0.448 e. The van der Waals surface area contributed by atoms with Gasteiger partial charge in [-0.15, -0.1) is 0 Å². The molecule has 5 heteroatoms. The molecule has 4 nitrogen and oxygen atoms in total. The molecule has 1 aliphatic rings. The molecule has 0 amide bonds. The highest BCUT2D eigenvalue weighted by molar-refractivity contribution is 9.10. The third-order valence-corrected chi connectivity index (χ3v) is 4.62. The van der Waals surface area contributed by atoms with Crippen LogP contribution in [0.2, 0.25) is 0 Å². The van der Waals surface area contributed by atoms with Crippen molar-refractivity contribution in [3.63, 3.8) is 0 Å². The molecule has 0 fully saturated rings. The zero-order valence-electron chi connectivity index (χ0n) is 11.3. The molecule has 0 aliphatic carbocycles. The van der Waals surface area contributed by atoms with Crippen LogP contribution in [-0.2, 0) is 6.54 Å². The number of furan rings is 1. The predicted molar refractivity (Wildman–Crippen MR) is 88.0 cm³/mol. The quantitative estimate of drug-likeness (QED) is 0.424. The van der Waals surface area contributed by atoms with E-state index in [1.54, 1.807) is 4.57 Å². The molecule has 1 aliphatic heterocycles. The van der Waals surface area contributed by atoms with E-state index >= 15 is 0 Å². The van der Waals surface area contributed by atoms with E-state index < -0.39 is 0 Å². The molecule has 0 saturated carbocycles. The molecule has 106 valence electrons. The number of fused-ring (bicyclic) bond motifs is 6. The van der Waals surface area contributed by atoms with Gasteiger partial charge in [0.25, 0.3) is 5.56 Å². The van der Waals surface area contributed by atoms with Crippen LogP contribution in [0, 0.1) is 0 Å². The van der Waals surface area contributed by atoms with Gasteiger partial charge in [0.05, 0.1) is 6.54 Å². The molecule has 2 aromatic heterocycles. The lowest BCUT2D eigenvalue weighted by molar-refractivity contribution is 0.649. The Balaban J connectivity index is 1.97. The Morgan fingerprint density at radius 2 is 2.05 bits per heavy atom. The van der Waals surface area contributed by atoms with E-state index in [9.17, 15) is 4.79 Å². The van der Waals surface area contributed by atoms with Gasteiger partial charge >= 0.3 is 0 Å². The number of halogens is 1. The molecule has 5 rings (SSSR count). The maximum atomic E-state index is 12.8. The molecular weight excluding hydrogens is 344 g/mol. The summed E-state index contributed by atoms with van der Waals surface area (Å²) in [6.45, 7) is 0.550. The van der Waals surface area contributed by atoms with Gasteiger partial charge in [-0.05, 0) is 23.8 Å². The van der Waals surface area contributed by atoms with Crippen LogP contribution < -0.4 is 5.56 Å². The maximum Gasteiger partial charge on any atom is 0.297 e. The fourth-order valence-corrected chi connectivity index (χ4v) is 3.46. The van der Waals surface area contributed by atoms with Gasteiger partial charge in [0, 0.05) is 15.4 Å². The van der Waals surface area contributed by atoms with E-state index in [1.165, 1.54) is 0 Å². The summed E-state index contributed by atoms with van der Waals surface area (Å²) in [5, 5.41) is 0.856. The molecule has 0 spiro atoms. The first-order valence-corrected chi connectivity index (χ1v) is 7.72. The summed E-state index contributed by atoms with van der Waals surface area (Å²) in [5.41, 5.74) is 3.65. The Morgan fingerprint density at radius 1 is 1.18 bits per heavy atom. The predicted octanol–water partition coefficient (Wildman–Crippen LogP) is 3.93. The van der Waals surface area contributed by atoms with Crippen LogP contribution in [0.15, 0.2) is 56.1 Å². The Kier molecular flexibility index (Phi) is 2.26. The summed E-state index contributed by atoms with van der Waals surface area (Å²) in [4.78, 5) is 17.5. The Morgan fingerprint density at radius 3 is 2.95 bits per heavy atom. The number of hydrogen-bond acceptors (Lipinski definition) is 3. The number of benzene rings is 2. The number of hydrogen-bond donors (Lipinski definition) is 0. The van der Waals surface area contributed by atoms with Crippen molar-refractivity contribution in [3.05, 3.63) is 62.9 Å². The molecule has 0 saturated heterocycles. The molecule has 0 unspecified atom stereocenters. The van der Waals surface area contributed by atoms with E-state index in [2.05, 4.69) is 15.9 Å². The van der Waals surface area contributed by atoms with Gasteiger partial charge in [-0.1, -0.05) is 40.2 Å². The lowest BCUT2D eigenvalue weighted by Crippen LogP contribution is -2.19. The van der Waals surface area contributed by atoms with Crippen LogP contribution in [0.25, 0.3) is 33.5 Å². The van der Waals surface area contributed by atoms with Crippen molar-refractivity contribution >= 4 is 38.0 Å². The summed E-state index contributed by atoms with van der Waals surface area (Å²) in [6.07, 6.45) is 0. The number of nitrogens with zero attached hydrogens (tertiary/aromatic N) is 2. The zero-order valence-corrected chi connectivity index (χ0v) is 12.9. The average molecular weight is 353 g/mol. The molecule has 4 aromatic rings. The van der Waals surface area contributed by atoms with Gasteiger partial charge in [-0.25, -0.2) is 4.98 Å². The van der Waals surface area contributed by atoms with E-state index in [1.807, 2.05) is 42.5 Å². The average Bonchev–Trinajstić information content (AvgIpc) is 3.07. The van der Waals surface area contributed by atoms with Crippen molar-refractivity contribution in [1.82, 2.24) is 9.55 Å². The highest BCUT2D eigenvalue weighted by atomic mass is 79.9. The van der Waals surface area contributed by atoms with Gasteiger partial charge in [-0.2, -0.15) is 0 Å². The molecular formula is C17H9BrN2O2. The van der Waals surface area contributed by atoms with E-state index in [0.717, 1.165) is 26.8 Å². The van der Waals surface area contributed by atoms with E-state index in [-0.39, 0.29) is 5.56 Å². The second-order valence-electron chi connectivity index (χ2n) is 5.40. The number of aromatic nitrogens is 2. The summed E-state index contributed by atoms with van der Waals surface area (Å²) in [5.74, 6) is 0.718. The lowest BCUT2D eigenvalue weighted by Gasteiger charge is -2.01. The minimum absolute atomic E-state index is 0.122. The fourth-order valence-electron chi connectivity index (χ4n) is 3.10. The van der Waals surface area contributed by atoms with Gasteiger partial charge < -0.3 is 4.42 Å². The van der Waals surface area contributed by atoms with E-state index in [0.29, 0.717) is 23.2 Å². The molecule has 3 heterocycles. The molecule has 2 aromatic carbocycles. The minimum atomic E-state index is -0.122. The van der Waals surface area contributed by atoms with Crippen LogP contribution in [0.5, 0.6) is 0 Å². The molecule has 0 atom stereocenters. The summed E-state index contributed by atoms with van der Waals surface area (Å²) >= 11 is 3.46. The Bertz CT molecular complexity index is 1140. The maximum absolute atomic E-state index is 12.8. The van der Waals surface area contributed by atoms with Gasteiger partial charge in [0.1, 0.15) is 16.9 Å². The van der Waals surface area contributed by atoms with Gasteiger partial charge in [0.2, 0.25) is 5.58 Å². The third kappa shape index (κ3) is 1.46. The highest BCUT2D eigenvalue weighted by Crippen LogP contribution is 2.33. The second-order valence-corrected chi connectivity index (χ2v) is 6.32. The highest BCUT2D eigenvalue weighted by Gasteiger charge is 2.24. The zero-order chi connectivity index (χ0) is 14.8. The molecule has 0 bridgehead atoms. The lowest BCUT2D eigenvalue weighted by atomic mass is 10.1. The molecule has 22 heavy (non-hydrogen) atoms. The van der Waals surface area contributed by atoms with Crippen molar-refractivity contribution < 1.29 is 4.42 Å². The molecule has 0 radical (unpaired) electrons. The second kappa shape index (κ2) is 4.08. The van der Waals surface area contributed by atoms with Crippen LogP contribution in [0.3, 0.4) is 0 Å². The monoisotopic (exact) mass is 352 g/mol. The normalized spacial score (nSPS) is 12.8. The molecule has 0 N–H and O–H groups in total.